The number of fused-ring (bicyclic) bond motifs is 2. The Balaban J connectivity index is 1.53. The molecule has 0 radical (unpaired) electrons. The van der Waals surface area contributed by atoms with Crippen molar-refractivity contribution >= 4 is 17.7 Å². The molecule has 3 aliphatic heterocycles. The standard InChI is InChI=1S/C12H20N2OS/c15-12(14-8-3-5-16-6-4-8)10-7-9-1-2-11(10)13-9/h8-11,13H,1-7H2,(H,14,15). The second kappa shape index (κ2) is 4.57. The molecule has 1 amide bonds. The summed E-state index contributed by atoms with van der Waals surface area (Å²) in [5, 5.41) is 6.78. The van der Waals surface area contributed by atoms with E-state index in [0.717, 1.165) is 19.3 Å². The summed E-state index contributed by atoms with van der Waals surface area (Å²) in [6, 6.07) is 1.55. The monoisotopic (exact) mass is 240 g/mol. The van der Waals surface area contributed by atoms with Crippen LogP contribution in [0.1, 0.15) is 32.1 Å². The molecule has 3 fully saturated rings. The second-order valence-corrected chi connectivity index (χ2v) is 6.51. The van der Waals surface area contributed by atoms with E-state index in [1.165, 1.54) is 24.3 Å². The molecule has 16 heavy (non-hydrogen) atoms. The fraction of sp³-hybridized carbons (Fsp3) is 0.917. The van der Waals surface area contributed by atoms with E-state index in [0.29, 0.717) is 24.0 Å². The third-order valence-corrected chi connectivity index (χ3v) is 5.25. The Morgan fingerprint density at radius 1 is 1.19 bits per heavy atom. The van der Waals surface area contributed by atoms with Crippen molar-refractivity contribution in [1.82, 2.24) is 10.6 Å². The highest BCUT2D eigenvalue weighted by molar-refractivity contribution is 7.99. The van der Waals surface area contributed by atoms with Crippen LogP contribution >= 0.6 is 11.8 Å². The molecule has 0 saturated carbocycles. The van der Waals surface area contributed by atoms with E-state index >= 15 is 0 Å². The molecule has 0 aliphatic carbocycles. The van der Waals surface area contributed by atoms with Crippen molar-refractivity contribution in [3.8, 4) is 0 Å². The highest BCUT2D eigenvalue weighted by atomic mass is 32.2. The van der Waals surface area contributed by atoms with Crippen LogP contribution in [0.25, 0.3) is 0 Å². The summed E-state index contributed by atoms with van der Waals surface area (Å²) in [5.41, 5.74) is 0. The van der Waals surface area contributed by atoms with Gasteiger partial charge < -0.3 is 10.6 Å². The van der Waals surface area contributed by atoms with E-state index in [9.17, 15) is 4.79 Å². The molecule has 3 aliphatic rings. The maximum Gasteiger partial charge on any atom is 0.224 e. The molecule has 3 rings (SSSR count). The fourth-order valence-corrected chi connectivity index (χ4v) is 4.37. The van der Waals surface area contributed by atoms with Crippen LogP contribution in [-0.2, 0) is 4.79 Å². The smallest absolute Gasteiger partial charge is 0.224 e. The number of carbonyl (C=O) groups is 1. The Morgan fingerprint density at radius 3 is 2.62 bits per heavy atom. The van der Waals surface area contributed by atoms with Crippen LogP contribution in [0.3, 0.4) is 0 Å². The summed E-state index contributed by atoms with van der Waals surface area (Å²) in [7, 11) is 0. The third-order valence-electron chi connectivity index (χ3n) is 4.20. The first-order chi connectivity index (χ1) is 7.83. The Kier molecular flexibility index (Phi) is 3.11. The molecule has 3 unspecified atom stereocenters. The zero-order valence-corrected chi connectivity index (χ0v) is 10.4. The third kappa shape index (κ3) is 2.09. The molecular formula is C12H20N2OS. The molecule has 2 bridgehead atoms. The van der Waals surface area contributed by atoms with E-state index < -0.39 is 0 Å². The molecule has 3 heterocycles. The number of amides is 1. The number of carbonyl (C=O) groups excluding carboxylic acids is 1. The molecule has 3 atom stereocenters. The molecule has 4 heteroatoms. The summed E-state index contributed by atoms with van der Waals surface area (Å²) in [6.07, 6.45) is 5.85. The van der Waals surface area contributed by atoms with E-state index in [-0.39, 0.29) is 5.92 Å². The maximum absolute atomic E-state index is 12.1. The van der Waals surface area contributed by atoms with Crippen LogP contribution in [0.5, 0.6) is 0 Å². The van der Waals surface area contributed by atoms with Crippen LogP contribution in [0.2, 0.25) is 0 Å². The lowest BCUT2D eigenvalue weighted by molar-refractivity contribution is -0.126. The molecule has 90 valence electrons. The van der Waals surface area contributed by atoms with Gasteiger partial charge in [-0.2, -0.15) is 11.8 Å². The van der Waals surface area contributed by atoms with E-state index in [1.54, 1.807) is 0 Å². The van der Waals surface area contributed by atoms with Gasteiger partial charge in [-0.3, -0.25) is 4.79 Å². The molecule has 0 spiro atoms. The van der Waals surface area contributed by atoms with Gasteiger partial charge in [-0.25, -0.2) is 0 Å². The minimum absolute atomic E-state index is 0.258. The quantitative estimate of drug-likeness (QED) is 0.760. The number of rotatable bonds is 2. The van der Waals surface area contributed by atoms with Gasteiger partial charge in [0, 0.05) is 18.1 Å². The van der Waals surface area contributed by atoms with Gasteiger partial charge in [0.1, 0.15) is 0 Å². The van der Waals surface area contributed by atoms with Crippen molar-refractivity contribution < 1.29 is 4.79 Å². The zero-order chi connectivity index (χ0) is 11.0. The summed E-state index contributed by atoms with van der Waals surface area (Å²) < 4.78 is 0. The first kappa shape index (κ1) is 10.9. The summed E-state index contributed by atoms with van der Waals surface area (Å²) >= 11 is 2.01. The van der Waals surface area contributed by atoms with Crippen molar-refractivity contribution in [2.24, 2.45) is 5.92 Å². The van der Waals surface area contributed by atoms with Gasteiger partial charge in [-0.05, 0) is 43.6 Å². The first-order valence-electron chi connectivity index (χ1n) is 6.47. The molecular weight excluding hydrogens is 220 g/mol. The first-order valence-corrected chi connectivity index (χ1v) is 7.62. The number of hydrogen-bond acceptors (Lipinski definition) is 3. The number of hydrogen-bond donors (Lipinski definition) is 2. The molecule has 0 aromatic rings. The van der Waals surface area contributed by atoms with Gasteiger partial charge in [0.25, 0.3) is 0 Å². The van der Waals surface area contributed by atoms with Crippen LogP contribution in [0.4, 0.5) is 0 Å². The molecule has 2 N–H and O–H groups in total. The van der Waals surface area contributed by atoms with Gasteiger partial charge in [0.05, 0.1) is 5.92 Å². The topological polar surface area (TPSA) is 41.1 Å². The summed E-state index contributed by atoms with van der Waals surface area (Å²) in [6.45, 7) is 0. The molecule has 3 saturated heterocycles. The van der Waals surface area contributed by atoms with Gasteiger partial charge in [-0.15, -0.1) is 0 Å². The van der Waals surface area contributed by atoms with E-state index in [2.05, 4.69) is 10.6 Å². The van der Waals surface area contributed by atoms with E-state index in [4.69, 9.17) is 0 Å². The normalized spacial score (nSPS) is 38.9. The Labute approximate surface area is 101 Å². The van der Waals surface area contributed by atoms with Crippen LogP contribution in [0.15, 0.2) is 0 Å². The van der Waals surface area contributed by atoms with Crippen molar-refractivity contribution in [3.05, 3.63) is 0 Å². The van der Waals surface area contributed by atoms with Crippen molar-refractivity contribution in [2.75, 3.05) is 11.5 Å². The van der Waals surface area contributed by atoms with Gasteiger partial charge >= 0.3 is 0 Å². The number of nitrogens with one attached hydrogen (secondary N) is 2. The highest BCUT2D eigenvalue weighted by Gasteiger charge is 2.43. The average molecular weight is 240 g/mol. The zero-order valence-electron chi connectivity index (χ0n) is 9.58. The van der Waals surface area contributed by atoms with Crippen LogP contribution in [0, 0.1) is 5.92 Å². The highest BCUT2D eigenvalue weighted by Crippen LogP contribution is 2.33. The van der Waals surface area contributed by atoms with Gasteiger partial charge in [0.15, 0.2) is 0 Å². The minimum atomic E-state index is 0.258. The van der Waals surface area contributed by atoms with Crippen molar-refractivity contribution in [3.63, 3.8) is 0 Å². The van der Waals surface area contributed by atoms with Crippen molar-refractivity contribution in [1.29, 1.82) is 0 Å². The lowest BCUT2D eigenvalue weighted by Crippen LogP contribution is -2.44. The second-order valence-electron chi connectivity index (χ2n) is 5.28. The molecule has 0 aromatic heterocycles. The Morgan fingerprint density at radius 2 is 2.00 bits per heavy atom. The molecule has 0 aromatic carbocycles. The average Bonchev–Trinajstić information content (AvgIpc) is 2.92. The minimum Gasteiger partial charge on any atom is -0.353 e. The fourth-order valence-electron chi connectivity index (χ4n) is 3.26. The van der Waals surface area contributed by atoms with Gasteiger partial charge in [-0.1, -0.05) is 0 Å². The summed E-state index contributed by atoms with van der Waals surface area (Å²) in [5.74, 6) is 2.99. The SMILES string of the molecule is O=C(NC1CCSCC1)C1CC2CCC1N2. The largest absolute Gasteiger partial charge is 0.353 e. The Bertz CT molecular complexity index is 278. The lowest BCUT2D eigenvalue weighted by atomic mass is 9.88. The van der Waals surface area contributed by atoms with E-state index in [1.807, 2.05) is 11.8 Å². The van der Waals surface area contributed by atoms with Crippen LogP contribution < -0.4 is 10.6 Å². The predicted octanol–water partition coefficient (Wildman–Crippen LogP) is 1.14. The van der Waals surface area contributed by atoms with Crippen molar-refractivity contribution in [2.45, 2.75) is 50.2 Å². The summed E-state index contributed by atoms with van der Waals surface area (Å²) in [4.78, 5) is 12.1. The predicted molar refractivity (Wildman–Crippen MR) is 66.5 cm³/mol. The van der Waals surface area contributed by atoms with Gasteiger partial charge in [0.2, 0.25) is 5.91 Å². The lowest BCUT2D eigenvalue weighted by Gasteiger charge is -2.26. The van der Waals surface area contributed by atoms with Crippen LogP contribution in [-0.4, -0.2) is 35.5 Å². The number of thioether (sulfide) groups is 1. The maximum atomic E-state index is 12.1. The Hall–Kier alpha value is -0.220. The molecule has 3 nitrogen and oxygen atoms in total.